The summed E-state index contributed by atoms with van der Waals surface area (Å²) in [6.07, 6.45) is -1.42. The number of benzene rings is 1. The van der Waals surface area contributed by atoms with E-state index in [1.165, 1.54) is 13.2 Å². The molecular weight excluding hydrogens is 298 g/mol. The number of carbonyl (C=O) groups is 2. The molecule has 1 aromatic carbocycles. The molecule has 0 aromatic heterocycles. The SMILES string of the molecule is COC(=O)[C@@H](OC(=O)Cc1ccc(F)c(F)c1OC)C(C)C. The third kappa shape index (κ3) is 4.16. The van der Waals surface area contributed by atoms with Crippen LogP contribution in [-0.4, -0.2) is 32.3 Å². The van der Waals surface area contributed by atoms with E-state index in [9.17, 15) is 18.4 Å². The number of rotatable bonds is 6. The van der Waals surface area contributed by atoms with Crippen molar-refractivity contribution in [1.82, 2.24) is 0 Å². The van der Waals surface area contributed by atoms with Crippen LogP contribution in [0.5, 0.6) is 5.75 Å². The minimum Gasteiger partial charge on any atom is -0.493 e. The molecule has 1 aromatic rings. The molecule has 0 bridgehead atoms. The Bertz CT molecular complexity index is 557. The molecule has 0 fully saturated rings. The summed E-state index contributed by atoms with van der Waals surface area (Å²) in [6, 6.07) is 2.11. The number of hydrogen-bond acceptors (Lipinski definition) is 5. The van der Waals surface area contributed by atoms with E-state index < -0.39 is 29.7 Å². The Morgan fingerprint density at radius 3 is 2.32 bits per heavy atom. The molecule has 0 aliphatic heterocycles. The van der Waals surface area contributed by atoms with E-state index in [1.807, 2.05) is 0 Å². The highest BCUT2D eigenvalue weighted by atomic mass is 19.2. The number of methoxy groups -OCH3 is 2. The zero-order chi connectivity index (χ0) is 16.9. The highest BCUT2D eigenvalue weighted by Gasteiger charge is 2.28. The van der Waals surface area contributed by atoms with Crippen molar-refractivity contribution >= 4 is 11.9 Å². The molecule has 1 atom stereocenters. The summed E-state index contributed by atoms with van der Waals surface area (Å²) >= 11 is 0. The molecule has 0 N–H and O–H groups in total. The first-order chi connectivity index (χ1) is 10.3. The number of ether oxygens (including phenoxy) is 3. The Balaban J connectivity index is 2.89. The molecule has 0 aliphatic carbocycles. The Hall–Kier alpha value is -2.18. The number of carbonyl (C=O) groups excluding carboxylic acids is 2. The second-order valence-electron chi connectivity index (χ2n) is 4.91. The van der Waals surface area contributed by atoms with Crippen LogP contribution in [0.25, 0.3) is 0 Å². The minimum absolute atomic E-state index is 0.124. The summed E-state index contributed by atoms with van der Waals surface area (Å²) in [6.45, 7) is 3.38. The first-order valence-corrected chi connectivity index (χ1v) is 6.60. The Labute approximate surface area is 127 Å². The molecule has 0 amide bonds. The second-order valence-corrected chi connectivity index (χ2v) is 4.91. The third-order valence-corrected chi connectivity index (χ3v) is 2.97. The van der Waals surface area contributed by atoms with Gasteiger partial charge in [-0.2, -0.15) is 4.39 Å². The van der Waals surface area contributed by atoms with E-state index in [-0.39, 0.29) is 23.7 Å². The van der Waals surface area contributed by atoms with Crippen LogP contribution in [0, 0.1) is 17.6 Å². The summed E-state index contributed by atoms with van der Waals surface area (Å²) in [7, 11) is 2.35. The first kappa shape index (κ1) is 17.9. The fourth-order valence-corrected chi connectivity index (χ4v) is 1.84. The smallest absolute Gasteiger partial charge is 0.347 e. The largest absolute Gasteiger partial charge is 0.493 e. The van der Waals surface area contributed by atoms with Gasteiger partial charge in [0, 0.05) is 11.5 Å². The summed E-state index contributed by atoms with van der Waals surface area (Å²) in [4.78, 5) is 23.4. The lowest BCUT2D eigenvalue weighted by atomic mass is 10.1. The van der Waals surface area contributed by atoms with Crippen LogP contribution in [0.1, 0.15) is 19.4 Å². The molecule has 0 saturated carbocycles. The maximum absolute atomic E-state index is 13.6. The van der Waals surface area contributed by atoms with Gasteiger partial charge in [0.05, 0.1) is 20.6 Å². The predicted octanol–water partition coefficient (Wildman–Crippen LogP) is 2.26. The molecule has 5 nitrogen and oxygen atoms in total. The molecule has 0 radical (unpaired) electrons. The fourth-order valence-electron chi connectivity index (χ4n) is 1.84. The summed E-state index contributed by atoms with van der Waals surface area (Å²) in [5.41, 5.74) is 0.124. The Morgan fingerprint density at radius 1 is 1.18 bits per heavy atom. The zero-order valence-corrected chi connectivity index (χ0v) is 12.8. The summed E-state index contributed by atoms with van der Waals surface area (Å²) in [5, 5.41) is 0. The Morgan fingerprint density at radius 2 is 1.82 bits per heavy atom. The van der Waals surface area contributed by atoms with Crippen molar-refractivity contribution in [3.8, 4) is 5.75 Å². The van der Waals surface area contributed by atoms with E-state index in [1.54, 1.807) is 13.8 Å². The molecule has 0 heterocycles. The molecular formula is C15H18F2O5. The molecule has 22 heavy (non-hydrogen) atoms. The number of hydrogen-bond donors (Lipinski definition) is 0. The maximum atomic E-state index is 13.6. The van der Waals surface area contributed by atoms with Crippen LogP contribution in [0.15, 0.2) is 12.1 Å². The van der Waals surface area contributed by atoms with E-state index in [0.29, 0.717) is 0 Å². The monoisotopic (exact) mass is 316 g/mol. The van der Waals surface area contributed by atoms with Gasteiger partial charge in [0.1, 0.15) is 0 Å². The molecule has 7 heteroatoms. The van der Waals surface area contributed by atoms with E-state index >= 15 is 0 Å². The van der Waals surface area contributed by atoms with Gasteiger partial charge in [-0.05, 0) is 6.07 Å². The highest BCUT2D eigenvalue weighted by Crippen LogP contribution is 2.25. The summed E-state index contributed by atoms with van der Waals surface area (Å²) < 4.78 is 41.1. The van der Waals surface area contributed by atoms with Crippen molar-refractivity contribution in [1.29, 1.82) is 0 Å². The molecule has 0 spiro atoms. The van der Waals surface area contributed by atoms with Crippen molar-refractivity contribution in [3.05, 3.63) is 29.3 Å². The van der Waals surface area contributed by atoms with Crippen LogP contribution in [0.3, 0.4) is 0 Å². The predicted molar refractivity (Wildman–Crippen MR) is 73.3 cm³/mol. The van der Waals surface area contributed by atoms with Crippen molar-refractivity contribution in [2.75, 3.05) is 14.2 Å². The molecule has 0 saturated heterocycles. The molecule has 0 unspecified atom stereocenters. The van der Waals surface area contributed by atoms with Crippen LogP contribution < -0.4 is 4.74 Å². The molecule has 122 valence electrons. The van der Waals surface area contributed by atoms with Gasteiger partial charge in [0.25, 0.3) is 0 Å². The van der Waals surface area contributed by atoms with Gasteiger partial charge < -0.3 is 14.2 Å². The lowest BCUT2D eigenvalue weighted by Gasteiger charge is -2.19. The quantitative estimate of drug-likeness (QED) is 0.753. The van der Waals surface area contributed by atoms with Crippen LogP contribution in [-0.2, 0) is 25.5 Å². The second kappa shape index (κ2) is 7.72. The topological polar surface area (TPSA) is 61.8 Å². The summed E-state index contributed by atoms with van der Waals surface area (Å²) in [5.74, 6) is -4.36. The third-order valence-electron chi connectivity index (χ3n) is 2.97. The van der Waals surface area contributed by atoms with Crippen LogP contribution in [0.4, 0.5) is 8.78 Å². The standard InChI is InChI=1S/C15H18F2O5/c1-8(2)13(15(19)21-4)22-11(18)7-9-5-6-10(16)12(17)14(9)20-3/h5-6,8,13H,7H2,1-4H3/t13-/m0/s1. The van der Waals surface area contributed by atoms with Gasteiger partial charge in [-0.25, -0.2) is 9.18 Å². The normalized spacial score (nSPS) is 12.0. The van der Waals surface area contributed by atoms with Gasteiger partial charge in [-0.3, -0.25) is 4.79 Å². The maximum Gasteiger partial charge on any atom is 0.347 e. The average Bonchev–Trinajstić information content (AvgIpc) is 2.48. The van der Waals surface area contributed by atoms with Gasteiger partial charge in [0.15, 0.2) is 11.6 Å². The minimum atomic E-state index is -1.18. The van der Waals surface area contributed by atoms with Gasteiger partial charge in [0.2, 0.25) is 11.9 Å². The van der Waals surface area contributed by atoms with E-state index in [0.717, 1.165) is 13.2 Å². The first-order valence-electron chi connectivity index (χ1n) is 6.60. The fraction of sp³-hybridized carbons (Fsp3) is 0.467. The van der Waals surface area contributed by atoms with Gasteiger partial charge in [-0.1, -0.05) is 19.9 Å². The molecule has 0 aliphatic rings. The Kier molecular flexibility index (Phi) is 6.27. The lowest BCUT2D eigenvalue weighted by molar-refractivity contribution is -0.168. The average molecular weight is 316 g/mol. The van der Waals surface area contributed by atoms with Crippen molar-refractivity contribution in [2.24, 2.45) is 5.92 Å². The zero-order valence-electron chi connectivity index (χ0n) is 12.8. The van der Waals surface area contributed by atoms with Gasteiger partial charge >= 0.3 is 11.9 Å². The van der Waals surface area contributed by atoms with E-state index in [4.69, 9.17) is 9.47 Å². The van der Waals surface area contributed by atoms with Crippen LogP contribution in [0.2, 0.25) is 0 Å². The number of esters is 2. The van der Waals surface area contributed by atoms with Crippen LogP contribution >= 0.6 is 0 Å². The van der Waals surface area contributed by atoms with Crippen molar-refractivity contribution < 1.29 is 32.6 Å². The highest BCUT2D eigenvalue weighted by molar-refractivity contribution is 5.80. The van der Waals surface area contributed by atoms with Gasteiger partial charge in [-0.15, -0.1) is 0 Å². The lowest BCUT2D eigenvalue weighted by Crippen LogP contribution is -2.33. The van der Waals surface area contributed by atoms with Crippen molar-refractivity contribution in [2.45, 2.75) is 26.4 Å². The van der Waals surface area contributed by atoms with Crippen molar-refractivity contribution in [3.63, 3.8) is 0 Å². The van der Waals surface area contributed by atoms with E-state index in [2.05, 4.69) is 4.74 Å². The number of halogens is 2. The molecule has 1 rings (SSSR count).